The Kier molecular flexibility index (Phi) is 7.02. The molecule has 0 aromatic rings. The van der Waals surface area contributed by atoms with Gasteiger partial charge in [0.1, 0.15) is 0 Å². The molecule has 0 radical (unpaired) electrons. The first-order valence-electron chi connectivity index (χ1n) is 9.18. The zero-order valence-electron chi connectivity index (χ0n) is 15.6. The van der Waals surface area contributed by atoms with Gasteiger partial charge in [0.15, 0.2) is 5.78 Å². The minimum Gasteiger partial charge on any atom is -0.290 e. The van der Waals surface area contributed by atoms with Crippen molar-refractivity contribution >= 4 is 5.78 Å². The Morgan fingerprint density at radius 1 is 0.536 bits per heavy atom. The van der Waals surface area contributed by atoms with Gasteiger partial charge in [0, 0.05) is 24.0 Å². The number of carbonyl (C=O) groups is 1. The third kappa shape index (κ3) is 6.49. The molecule has 0 saturated heterocycles. The van der Waals surface area contributed by atoms with Gasteiger partial charge < -0.3 is 0 Å². The maximum atomic E-state index is 11.9. The van der Waals surface area contributed by atoms with Gasteiger partial charge in [-0.05, 0) is 35.1 Å². The Morgan fingerprint density at radius 3 is 1.46 bits per heavy atom. The molecule has 0 amide bonds. The molecule has 0 spiro atoms. The molecule has 28 heavy (non-hydrogen) atoms. The van der Waals surface area contributed by atoms with E-state index >= 15 is 0 Å². The molecule has 134 valence electrons. The summed E-state index contributed by atoms with van der Waals surface area (Å²) in [6, 6.07) is 0. The highest BCUT2D eigenvalue weighted by Gasteiger charge is 2.00. The number of carbonyl (C=O) groups excluding carboxylic acids is 1. The van der Waals surface area contributed by atoms with Crippen molar-refractivity contribution in [2.24, 2.45) is 0 Å². The molecule has 0 aromatic heterocycles. The summed E-state index contributed by atoms with van der Waals surface area (Å²) in [5.74, 6) is 12.2. The fourth-order valence-electron chi connectivity index (χ4n) is 2.72. The Balaban J connectivity index is 1.91. The second-order valence-electron chi connectivity index (χ2n) is 6.33. The summed E-state index contributed by atoms with van der Waals surface area (Å²) in [5.41, 5.74) is 4.28. The second-order valence-corrected chi connectivity index (χ2v) is 6.33. The summed E-state index contributed by atoms with van der Waals surface area (Å²) >= 11 is 0. The van der Waals surface area contributed by atoms with E-state index in [4.69, 9.17) is 0 Å². The van der Waals surface area contributed by atoms with Gasteiger partial charge in [-0.25, -0.2) is 0 Å². The van der Waals surface area contributed by atoms with Crippen LogP contribution in [0.3, 0.4) is 0 Å². The molecule has 3 aliphatic rings. The van der Waals surface area contributed by atoms with E-state index in [-0.39, 0.29) is 5.78 Å². The average molecular weight is 360 g/mol. The van der Waals surface area contributed by atoms with Gasteiger partial charge in [-0.2, -0.15) is 0 Å². The summed E-state index contributed by atoms with van der Waals surface area (Å²) in [4.78, 5) is 11.9. The maximum absolute atomic E-state index is 11.9. The van der Waals surface area contributed by atoms with Crippen LogP contribution in [0.15, 0.2) is 120 Å². The molecule has 0 unspecified atom stereocenters. The van der Waals surface area contributed by atoms with E-state index in [0.29, 0.717) is 0 Å². The number of fused-ring (bicyclic) bond motifs is 4. The third-order valence-corrected chi connectivity index (χ3v) is 4.10. The van der Waals surface area contributed by atoms with E-state index in [1.165, 1.54) is 0 Å². The Hall–Kier alpha value is -3.81. The molecule has 0 aliphatic heterocycles. The molecule has 0 aromatic carbocycles. The van der Waals surface area contributed by atoms with Crippen LogP contribution in [-0.4, -0.2) is 5.78 Å². The maximum Gasteiger partial charge on any atom is 0.178 e. The van der Waals surface area contributed by atoms with Crippen LogP contribution >= 0.6 is 0 Å². The summed E-state index contributed by atoms with van der Waals surface area (Å²) in [7, 11) is 0. The van der Waals surface area contributed by atoms with Crippen molar-refractivity contribution < 1.29 is 4.79 Å². The zero-order chi connectivity index (χ0) is 19.4. The molecule has 0 atom stereocenters. The lowest BCUT2D eigenvalue weighted by Crippen LogP contribution is -1.84. The smallest absolute Gasteiger partial charge is 0.178 e. The first-order valence-corrected chi connectivity index (χ1v) is 9.18. The SMILES string of the molecule is O=C1/C=C/C=C/C2=CC=CC=C(C#CC#CC3=CC=CC=C(/C=C/C=C/1)C3)C2. The molecular weight excluding hydrogens is 340 g/mol. The predicted octanol–water partition coefficient (Wildman–Crippen LogP) is 5.43. The number of allylic oxidation sites excluding steroid dienone is 20. The van der Waals surface area contributed by atoms with E-state index in [9.17, 15) is 4.79 Å². The van der Waals surface area contributed by atoms with Gasteiger partial charge in [0.05, 0.1) is 0 Å². The van der Waals surface area contributed by atoms with Crippen molar-refractivity contribution in [2.45, 2.75) is 12.8 Å². The van der Waals surface area contributed by atoms with Gasteiger partial charge >= 0.3 is 0 Å². The zero-order valence-corrected chi connectivity index (χ0v) is 15.6. The molecular formula is C27H20O. The van der Waals surface area contributed by atoms with Crippen molar-refractivity contribution in [2.75, 3.05) is 0 Å². The van der Waals surface area contributed by atoms with Crippen LogP contribution in [0.5, 0.6) is 0 Å². The largest absolute Gasteiger partial charge is 0.290 e. The predicted molar refractivity (Wildman–Crippen MR) is 117 cm³/mol. The highest BCUT2D eigenvalue weighted by atomic mass is 16.1. The summed E-state index contributed by atoms with van der Waals surface area (Å²) < 4.78 is 0. The Labute approximate surface area is 166 Å². The lowest BCUT2D eigenvalue weighted by Gasteiger charge is -1.98. The van der Waals surface area contributed by atoms with Crippen molar-refractivity contribution in [1.29, 1.82) is 0 Å². The van der Waals surface area contributed by atoms with Gasteiger partial charge in [-0.1, -0.05) is 96.9 Å². The molecule has 0 fully saturated rings. The summed E-state index contributed by atoms with van der Waals surface area (Å²) in [6.07, 6.45) is 31.9. The number of ketones is 1. The lowest BCUT2D eigenvalue weighted by atomic mass is 10.1. The van der Waals surface area contributed by atoms with Crippen LogP contribution in [0.2, 0.25) is 0 Å². The average Bonchev–Trinajstić information content (AvgIpc) is 3.06. The molecule has 1 nitrogen and oxygen atoms in total. The quantitative estimate of drug-likeness (QED) is 0.527. The van der Waals surface area contributed by atoms with Crippen LogP contribution in [0, 0.1) is 23.7 Å². The van der Waals surface area contributed by atoms with Crippen molar-refractivity contribution in [1.82, 2.24) is 0 Å². The minimum atomic E-state index is -0.0467. The highest BCUT2D eigenvalue weighted by molar-refractivity contribution is 5.99. The van der Waals surface area contributed by atoms with Crippen molar-refractivity contribution in [3.05, 3.63) is 120 Å². The fraction of sp³-hybridized carbons (Fsp3) is 0.0741. The van der Waals surface area contributed by atoms with Gasteiger partial charge in [0.2, 0.25) is 0 Å². The first-order chi connectivity index (χ1) is 13.8. The van der Waals surface area contributed by atoms with Gasteiger partial charge in [0.25, 0.3) is 0 Å². The molecule has 1 heteroatoms. The van der Waals surface area contributed by atoms with Crippen LogP contribution in [-0.2, 0) is 4.79 Å². The van der Waals surface area contributed by atoms with Crippen molar-refractivity contribution in [3.63, 3.8) is 0 Å². The second kappa shape index (κ2) is 10.4. The van der Waals surface area contributed by atoms with E-state index < -0.39 is 0 Å². The summed E-state index contributed by atoms with van der Waals surface area (Å²) in [6.45, 7) is 0. The van der Waals surface area contributed by atoms with E-state index in [1.807, 2.05) is 72.9 Å². The molecule has 4 bridgehead atoms. The molecule has 3 aliphatic carbocycles. The molecule has 0 N–H and O–H groups in total. The van der Waals surface area contributed by atoms with Gasteiger partial charge in [-0.15, -0.1) is 0 Å². The normalized spacial score (nSPS) is 23.1. The van der Waals surface area contributed by atoms with E-state index in [2.05, 4.69) is 23.7 Å². The number of hydrogen-bond acceptors (Lipinski definition) is 1. The molecule has 3 rings (SSSR count). The first kappa shape index (κ1) is 19.0. The minimum absolute atomic E-state index is 0.0467. The van der Waals surface area contributed by atoms with Crippen LogP contribution < -0.4 is 0 Å². The van der Waals surface area contributed by atoms with Crippen LogP contribution in [0.1, 0.15) is 12.8 Å². The van der Waals surface area contributed by atoms with Gasteiger partial charge in [-0.3, -0.25) is 4.79 Å². The Bertz CT molecular complexity index is 977. The fourth-order valence-corrected chi connectivity index (χ4v) is 2.72. The number of hydrogen-bond donors (Lipinski definition) is 0. The molecule has 0 heterocycles. The highest BCUT2D eigenvalue weighted by Crippen LogP contribution is 2.16. The summed E-state index contributed by atoms with van der Waals surface area (Å²) in [5, 5.41) is 0. The van der Waals surface area contributed by atoms with E-state index in [0.717, 1.165) is 35.1 Å². The number of rotatable bonds is 0. The third-order valence-electron chi connectivity index (χ3n) is 4.10. The standard InChI is InChI=1S/C27H20O/c28-27-19-9-7-17-25-15-5-3-13-23(21-25)11-1-2-12-24-14-4-6-16-26(22-24)18-8-10-20-27/h3-10,13-20H,21-22H2/b17-7+,18-8+,19-9+,20-10+. The molecule has 0 saturated carbocycles. The topological polar surface area (TPSA) is 17.1 Å². The lowest BCUT2D eigenvalue weighted by molar-refractivity contribution is -0.110. The van der Waals surface area contributed by atoms with Crippen LogP contribution in [0.25, 0.3) is 0 Å². The van der Waals surface area contributed by atoms with Crippen molar-refractivity contribution in [3.8, 4) is 23.7 Å². The monoisotopic (exact) mass is 360 g/mol. The van der Waals surface area contributed by atoms with E-state index in [1.54, 1.807) is 24.3 Å². The van der Waals surface area contributed by atoms with Crippen LogP contribution in [0.4, 0.5) is 0 Å². The Morgan fingerprint density at radius 2 is 0.964 bits per heavy atom.